The van der Waals surface area contributed by atoms with Gasteiger partial charge in [0.05, 0.1) is 6.04 Å². The molecule has 17 heavy (non-hydrogen) atoms. The predicted molar refractivity (Wildman–Crippen MR) is 79.3 cm³/mol. The van der Waals surface area contributed by atoms with Gasteiger partial charge in [0, 0.05) is 11.1 Å². The van der Waals surface area contributed by atoms with E-state index in [1.165, 1.54) is 0 Å². The third-order valence-corrected chi connectivity index (χ3v) is 2.88. The first kappa shape index (κ1) is 16.4. The molecule has 0 saturated carbocycles. The Bertz CT molecular complexity index is 327. The van der Waals surface area contributed by atoms with Gasteiger partial charge in [0.1, 0.15) is 0 Å². The Kier molecular flexibility index (Phi) is 5.60. The lowest BCUT2D eigenvalue weighted by Crippen LogP contribution is -2.23. The Labute approximate surface area is 111 Å². The molecule has 98 valence electrons. The van der Waals surface area contributed by atoms with Crippen LogP contribution in [0.3, 0.4) is 0 Å². The molecule has 0 aliphatic heterocycles. The molecular formula is C14H25ClN2. The van der Waals surface area contributed by atoms with Crippen molar-refractivity contribution in [3.63, 3.8) is 0 Å². The molecule has 1 unspecified atom stereocenters. The van der Waals surface area contributed by atoms with Gasteiger partial charge in [-0.05, 0) is 23.9 Å². The molecule has 2 nitrogen and oxygen atoms in total. The largest absolute Gasteiger partial charge is 0.248 e. The molecule has 0 heterocycles. The van der Waals surface area contributed by atoms with E-state index in [9.17, 15) is 0 Å². The Morgan fingerprint density at radius 1 is 1.18 bits per heavy atom. The maximum atomic E-state index is 6.08. The molecule has 0 spiro atoms. The number of halogens is 1. The third-order valence-electron chi connectivity index (χ3n) is 2.70. The summed E-state index contributed by atoms with van der Waals surface area (Å²) in [6, 6.07) is -0.0217. The zero-order valence-corrected chi connectivity index (χ0v) is 12.9. The second-order valence-electron chi connectivity index (χ2n) is 6.39. The van der Waals surface area contributed by atoms with Crippen LogP contribution in [0, 0.1) is 10.8 Å². The lowest BCUT2D eigenvalue weighted by molar-refractivity contribution is 0.368. The van der Waals surface area contributed by atoms with Crippen molar-refractivity contribution < 1.29 is 0 Å². The van der Waals surface area contributed by atoms with Crippen molar-refractivity contribution in [3.8, 4) is 0 Å². The second kappa shape index (κ2) is 5.81. The van der Waals surface area contributed by atoms with Crippen LogP contribution in [0.2, 0.25) is 0 Å². The van der Waals surface area contributed by atoms with E-state index in [1.807, 2.05) is 13.0 Å². The molecule has 0 fully saturated rings. The number of aliphatic imine (C=N–C) groups is 2. The van der Waals surface area contributed by atoms with Gasteiger partial charge in [0.2, 0.25) is 5.29 Å². The minimum atomic E-state index is -0.0217. The van der Waals surface area contributed by atoms with E-state index in [-0.39, 0.29) is 16.9 Å². The van der Waals surface area contributed by atoms with Crippen molar-refractivity contribution in [2.24, 2.45) is 20.8 Å². The lowest BCUT2D eigenvalue weighted by atomic mass is 9.87. The quantitative estimate of drug-likeness (QED) is 0.296. The number of hydrogen-bond acceptors (Lipinski definition) is 1. The normalized spacial score (nSPS) is 16.9. The van der Waals surface area contributed by atoms with Crippen molar-refractivity contribution in [2.45, 2.75) is 54.5 Å². The Morgan fingerprint density at radius 2 is 1.65 bits per heavy atom. The first-order valence-electron chi connectivity index (χ1n) is 5.90. The van der Waals surface area contributed by atoms with Crippen LogP contribution >= 0.6 is 11.6 Å². The monoisotopic (exact) mass is 256 g/mol. The highest BCUT2D eigenvalue weighted by molar-refractivity contribution is 6.65. The molecule has 0 aromatic heterocycles. The molecule has 0 aromatic rings. The zero-order valence-electron chi connectivity index (χ0n) is 12.1. The average molecular weight is 257 g/mol. The summed E-state index contributed by atoms with van der Waals surface area (Å²) >= 11 is 6.08. The number of rotatable bonds is 2. The number of amidine groups is 1. The summed E-state index contributed by atoms with van der Waals surface area (Å²) in [6.07, 6.45) is 1.81. The Morgan fingerprint density at radius 3 is 1.94 bits per heavy atom. The van der Waals surface area contributed by atoms with Gasteiger partial charge in [-0.15, -0.1) is 6.58 Å². The molecule has 0 aromatic carbocycles. The van der Waals surface area contributed by atoms with Crippen molar-refractivity contribution in [2.75, 3.05) is 0 Å². The molecule has 3 heteroatoms. The molecule has 0 aliphatic carbocycles. The fourth-order valence-corrected chi connectivity index (χ4v) is 1.28. The lowest BCUT2D eigenvalue weighted by Gasteiger charge is -2.24. The molecular weight excluding hydrogens is 232 g/mol. The first-order valence-corrected chi connectivity index (χ1v) is 6.28. The van der Waals surface area contributed by atoms with Gasteiger partial charge in [0.25, 0.3) is 0 Å². The second-order valence-corrected chi connectivity index (χ2v) is 6.73. The summed E-state index contributed by atoms with van der Waals surface area (Å²) < 4.78 is 0. The molecule has 0 bridgehead atoms. The molecule has 0 aliphatic rings. The highest BCUT2D eigenvalue weighted by Gasteiger charge is 2.21. The average Bonchev–Trinajstić information content (AvgIpc) is 2.10. The molecule has 0 rings (SSSR count). The van der Waals surface area contributed by atoms with Gasteiger partial charge in [-0.25, -0.2) is 9.98 Å². The highest BCUT2D eigenvalue weighted by Crippen LogP contribution is 2.24. The molecule has 0 N–H and O–H groups in total. The van der Waals surface area contributed by atoms with Gasteiger partial charge < -0.3 is 0 Å². The van der Waals surface area contributed by atoms with Crippen LogP contribution < -0.4 is 0 Å². The Balaban J connectivity index is 5.05. The maximum absolute atomic E-state index is 6.08. The third kappa shape index (κ3) is 6.02. The van der Waals surface area contributed by atoms with Gasteiger partial charge in [-0.1, -0.05) is 47.6 Å². The van der Waals surface area contributed by atoms with Crippen LogP contribution in [0.1, 0.15) is 48.5 Å². The van der Waals surface area contributed by atoms with E-state index in [1.54, 1.807) is 0 Å². The summed E-state index contributed by atoms with van der Waals surface area (Å²) in [5.74, 6) is 0. The first-order chi connectivity index (χ1) is 7.48. The number of nitrogens with zero attached hydrogens (tertiary/aromatic N) is 2. The van der Waals surface area contributed by atoms with Crippen molar-refractivity contribution in [3.05, 3.63) is 12.7 Å². The van der Waals surface area contributed by atoms with Crippen LogP contribution in [0.15, 0.2) is 22.6 Å². The van der Waals surface area contributed by atoms with E-state index >= 15 is 0 Å². The SMILES string of the molecule is C=CC(N=C(Cl)/N=C(\C)C(C)(C)C)C(C)(C)C. The summed E-state index contributed by atoms with van der Waals surface area (Å²) in [5.41, 5.74) is 0.997. The predicted octanol–water partition coefficient (Wildman–Crippen LogP) is 4.69. The van der Waals surface area contributed by atoms with E-state index in [2.05, 4.69) is 58.1 Å². The van der Waals surface area contributed by atoms with Crippen LogP contribution in [0.25, 0.3) is 0 Å². The smallest absolute Gasteiger partial charge is 0.218 e. The summed E-state index contributed by atoms with van der Waals surface area (Å²) in [5, 5.41) is 0.303. The highest BCUT2D eigenvalue weighted by atomic mass is 35.5. The fraction of sp³-hybridized carbons (Fsp3) is 0.714. The van der Waals surface area contributed by atoms with Gasteiger partial charge in [0.15, 0.2) is 0 Å². The molecule has 0 radical (unpaired) electrons. The number of hydrogen-bond donors (Lipinski definition) is 0. The molecule has 0 saturated heterocycles. The van der Waals surface area contributed by atoms with Crippen LogP contribution in [-0.2, 0) is 0 Å². The van der Waals surface area contributed by atoms with E-state index in [4.69, 9.17) is 11.6 Å². The van der Waals surface area contributed by atoms with Gasteiger partial charge >= 0.3 is 0 Å². The van der Waals surface area contributed by atoms with Crippen LogP contribution in [0.4, 0.5) is 0 Å². The van der Waals surface area contributed by atoms with Crippen molar-refractivity contribution >= 4 is 22.6 Å². The summed E-state index contributed by atoms with van der Waals surface area (Å²) in [6.45, 7) is 18.4. The summed E-state index contributed by atoms with van der Waals surface area (Å²) in [7, 11) is 0. The minimum Gasteiger partial charge on any atom is -0.248 e. The standard InChI is InChI=1S/C14H25ClN2/c1-9-11(14(6,7)8)17-12(15)16-10(2)13(3,4)5/h9,11H,1H2,2-8H3/b16-10+,17-12?. The maximum Gasteiger partial charge on any atom is 0.218 e. The Hall–Kier alpha value is -0.630. The van der Waals surface area contributed by atoms with Crippen LogP contribution in [0.5, 0.6) is 0 Å². The topological polar surface area (TPSA) is 24.7 Å². The van der Waals surface area contributed by atoms with Crippen LogP contribution in [-0.4, -0.2) is 17.0 Å². The van der Waals surface area contributed by atoms with Crippen molar-refractivity contribution in [1.82, 2.24) is 0 Å². The molecule has 0 amide bonds. The minimum absolute atomic E-state index is 0.00699. The van der Waals surface area contributed by atoms with E-state index in [0.717, 1.165) is 5.71 Å². The molecule has 1 atom stereocenters. The van der Waals surface area contributed by atoms with E-state index < -0.39 is 0 Å². The van der Waals surface area contributed by atoms with Crippen molar-refractivity contribution in [1.29, 1.82) is 0 Å². The van der Waals surface area contributed by atoms with E-state index in [0.29, 0.717) is 5.29 Å². The fourth-order valence-electron chi connectivity index (χ4n) is 1.05. The summed E-state index contributed by atoms with van der Waals surface area (Å²) in [4.78, 5) is 8.73. The van der Waals surface area contributed by atoms with Gasteiger partial charge in [-0.2, -0.15) is 0 Å². The van der Waals surface area contributed by atoms with Gasteiger partial charge in [-0.3, -0.25) is 0 Å². The zero-order chi connectivity index (χ0) is 13.9.